The number of hydrogen-bond acceptors (Lipinski definition) is 3. The van der Waals surface area contributed by atoms with Gasteiger partial charge in [-0.1, -0.05) is 18.2 Å². The highest BCUT2D eigenvalue weighted by Crippen LogP contribution is 2.22. The molecular formula is C24H23FN4O2. The quantitative estimate of drug-likeness (QED) is 0.659. The van der Waals surface area contributed by atoms with Crippen molar-refractivity contribution in [1.82, 2.24) is 15.2 Å². The number of benzene rings is 2. The summed E-state index contributed by atoms with van der Waals surface area (Å²) in [7, 11) is 0. The van der Waals surface area contributed by atoms with E-state index in [2.05, 4.69) is 10.3 Å². The van der Waals surface area contributed by atoms with Gasteiger partial charge in [-0.2, -0.15) is 0 Å². The van der Waals surface area contributed by atoms with Gasteiger partial charge in [0.05, 0.1) is 0 Å². The van der Waals surface area contributed by atoms with Crippen molar-refractivity contribution in [1.29, 1.82) is 0 Å². The van der Waals surface area contributed by atoms with Crippen LogP contribution in [0.2, 0.25) is 0 Å². The molecule has 1 aliphatic heterocycles. The number of nitrogens with one attached hydrogen (secondary N) is 1. The van der Waals surface area contributed by atoms with Gasteiger partial charge in [-0.25, -0.2) is 9.18 Å². The van der Waals surface area contributed by atoms with Gasteiger partial charge in [-0.3, -0.25) is 14.7 Å². The highest BCUT2D eigenvalue weighted by atomic mass is 19.1. The second kappa shape index (κ2) is 9.38. The van der Waals surface area contributed by atoms with E-state index in [1.54, 1.807) is 52.5 Å². The van der Waals surface area contributed by atoms with Crippen LogP contribution in [0.15, 0.2) is 73.1 Å². The lowest BCUT2D eigenvalue weighted by atomic mass is 10.1. The molecule has 0 radical (unpaired) electrons. The van der Waals surface area contributed by atoms with E-state index in [1.807, 2.05) is 18.2 Å². The molecule has 1 N–H and O–H groups in total. The highest BCUT2D eigenvalue weighted by molar-refractivity contribution is 5.96. The summed E-state index contributed by atoms with van der Waals surface area (Å²) < 4.78 is 13.5. The second-order valence-corrected chi connectivity index (χ2v) is 7.43. The third-order valence-corrected chi connectivity index (χ3v) is 5.19. The Balaban J connectivity index is 1.39. The first-order chi connectivity index (χ1) is 15.1. The molecule has 0 unspecified atom stereocenters. The number of urea groups is 1. The molecule has 2 heterocycles. The van der Waals surface area contributed by atoms with E-state index in [1.165, 1.54) is 12.1 Å². The number of amides is 3. The summed E-state index contributed by atoms with van der Waals surface area (Å²) in [4.78, 5) is 32.8. The van der Waals surface area contributed by atoms with Gasteiger partial charge >= 0.3 is 6.03 Å². The average molecular weight is 418 g/mol. The molecule has 1 aromatic heterocycles. The highest BCUT2D eigenvalue weighted by Gasteiger charge is 2.27. The molecule has 7 heteroatoms. The smallest absolute Gasteiger partial charge is 0.324 e. The largest absolute Gasteiger partial charge is 0.348 e. The van der Waals surface area contributed by atoms with Crippen molar-refractivity contribution < 1.29 is 14.0 Å². The lowest BCUT2D eigenvalue weighted by Crippen LogP contribution is -2.49. The Kier molecular flexibility index (Phi) is 6.21. The zero-order chi connectivity index (χ0) is 21.6. The van der Waals surface area contributed by atoms with Gasteiger partial charge in [0.15, 0.2) is 0 Å². The van der Waals surface area contributed by atoms with Crippen LogP contribution in [0.4, 0.5) is 14.9 Å². The Bertz CT molecular complexity index is 1060. The predicted octanol–water partition coefficient (Wildman–Crippen LogP) is 3.98. The van der Waals surface area contributed by atoms with E-state index in [-0.39, 0.29) is 17.8 Å². The average Bonchev–Trinajstić information content (AvgIpc) is 2.80. The molecule has 4 rings (SSSR count). The summed E-state index contributed by atoms with van der Waals surface area (Å²) in [6.07, 6.45) is 4.21. The van der Waals surface area contributed by atoms with Crippen LogP contribution >= 0.6 is 0 Å². The van der Waals surface area contributed by atoms with Crippen LogP contribution < -0.4 is 10.2 Å². The minimum absolute atomic E-state index is 0.121. The van der Waals surface area contributed by atoms with Crippen LogP contribution in [-0.4, -0.2) is 34.9 Å². The molecule has 3 amide bonds. The normalized spacial score (nSPS) is 13.9. The van der Waals surface area contributed by atoms with Crippen LogP contribution in [0.5, 0.6) is 0 Å². The lowest BCUT2D eigenvalue weighted by Gasteiger charge is -2.35. The number of nitrogens with zero attached hydrogens (tertiary/aromatic N) is 3. The van der Waals surface area contributed by atoms with Crippen molar-refractivity contribution in [3.8, 4) is 0 Å². The molecule has 2 aromatic carbocycles. The minimum Gasteiger partial charge on any atom is -0.348 e. The minimum atomic E-state index is -0.309. The molecule has 6 nitrogen and oxygen atoms in total. The third kappa shape index (κ3) is 5.06. The van der Waals surface area contributed by atoms with Crippen LogP contribution in [0.25, 0.3) is 0 Å². The van der Waals surface area contributed by atoms with Crippen molar-refractivity contribution in [2.75, 3.05) is 18.0 Å². The fourth-order valence-electron chi connectivity index (χ4n) is 3.60. The maximum atomic E-state index is 13.5. The van der Waals surface area contributed by atoms with Crippen LogP contribution in [0, 0.1) is 5.82 Å². The monoisotopic (exact) mass is 418 g/mol. The summed E-state index contributed by atoms with van der Waals surface area (Å²) in [5.41, 5.74) is 2.94. The first kappa shape index (κ1) is 20.5. The topological polar surface area (TPSA) is 65.5 Å². The predicted molar refractivity (Wildman–Crippen MR) is 116 cm³/mol. The van der Waals surface area contributed by atoms with E-state index in [0.717, 1.165) is 23.2 Å². The lowest BCUT2D eigenvalue weighted by molar-refractivity contribution is 0.0951. The number of anilines is 1. The molecule has 0 spiro atoms. The number of rotatable bonds is 6. The number of pyridine rings is 1. The fourth-order valence-corrected chi connectivity index (χ4v) is 3.60. The SMILES string of the molecule is O=C(NCc1cccnc1)c1ccc(N2CCCN(Cc3cccc(F)c3)C2=O)cc1. The number of carbonyl (C=O) groups excluding carboxylic acids is 2. The number of carbonyl (C=O) groups is 2. The Hall–Kier alpha value is -3.74. The van der Waals surface area contributed by atoms with Gasteiger partial charge in [-0.05, 0) is 60.0 Å². The fraction of sp³-hybridized carbons (Fsp3) is 0.208. The van der Waals surface area contributed by atoms with Crippen molar-refractivity contribution in [3.05, 3.63) is 95.6 Å². The molecular weight excluding hydrogens is 395 g/mol. The molecule has 158 valence electrons. The zero-order valence-electron chi connectivity index (χ0n) is 17.0. The Morgan fingerprint density at radius 3 is 2.58 bits per heavy atom. The molecule has 1 fully saturated rings. The van der Waals surface area contributed by atoms with Gasteiger partial charge in [0.2, 0.25) is 0 Å². The molecule has 3 aromatic rings. The first-order valence-electron chi connectivity index (χ1n) is 10.2. The van der Waals surface area contributed by atoms with E-state index in [4.69, 9.17) is 0 Å². The summed E-state index contributed by atoms with van der Waals surface area (Å²) >= 11 is 0. The van der Waals surface area contributed by atoms with Crippen LogP contribution in [0.1, 0.15) is 27.9 Å². The summed E-state index contributed by atoms with van der Waals surface area (Å²) in [6, 6.07) is 16.9. The second-order valence-electron chi connectivity index (χ2n) is 7.43. The molecule has 0 atom stereocenters. The molecule has 0 bridgehead atoms. The zero-order valence-corrected chi connectivity index (χ0v) is 17.0. The van der Waals surface area contributed by atoms with E-state index < -0.39 is 0 Å². The number of aromatic nitrogens is 1. The van der Waals surface area contributed by atoms with Gasteiger partial charge in [0.1, 0.15) is 5.82 Å². The first-order valence-corrected chi connectivity index (χ1v) is 10.2. The van der Waals surface area contributed by atoms with E-state index >= 15 is 0 Å². The summed E-state index contributed by atoms with van der Waals surface area (Å²) in [5, 5.41) is 2.86. The van der Waals surface area contributed by atoms with Gasteiger partial charge in [-0.15, -0.1) is 0 Å². The van der Waals surface area contributed by atoms with Crippen molar-refractivity contribution >= 4 is 17.6 Å². The maximum absolute atomic E-state index is 13.5. The van der Waals surface area contributed by atoms with Gasteiger partial charge in [0, 0.05) is 49.8 Å². The van der Waals surface area contributed by atoms with Crippen molar-refractivity contribution in [3.63, 3.8) is 0 Å². The standard InChI is InChI=1S/C24H23FN4O2/c25-21-6-1-4-18(14-21)17-28-12-3-13-29(24(28)31)22-9-7-20(8-10-22)23(30)27-16-19-5-2-11-26-15-19/h1-2,4-11,14-15H,3,12-13,16-17H2,(H,27,30). The Morgan fingerprint density at radius 2 is 1.84 bits per heavy atom. The van der Waals surface area contributed by atoms with Gasteiger partial charge < -0.3 is 10.2 Å². The maximum Gasteiger partial charge on any atom is 0.324 e. The molecule has 1 saturated heterocycles. The van der Waals surface area contributed by atoms with Crippen molar-refractivity contribution in [2.24, 2.45) is 0 Å². The van der Waals surface area contributed by atoms with E-state index in [9.17, 15) is 14.0 Å². The third-order valence-electron chi connectivity index (χ3n) is 5.19. The number of halogens is 1. The van der Waals surface area contributed by atoms with Crippen LogP contribution in [0.3, 0.4) is 0 Å². The Morgan fingerprint density at radius 1 is 1.03 bits per heavy atom. The summed E-state index contributed by atoms with van der Waals surface area (Å²) in [5.74, 6) is -0.496. The number of hydrogen-bond donors (Lipinski definition) is 1. The summed E-state index contributed by atoms with van der Waals surface area (Å²) in [6.45, 7) is 1.99. The van der Waals surface area contributed by atoms with Gasteiger partial charge in [0.25, 0.3) is 5.91 Å². The van der Waals surface area contributed by atoms with Crippen molar-refractivity contribution in [2.45, 2.75) is 19.5 Å². The van der Waals surface area contributed by atoms with Crippen LogP contribution in [-0.2, 0) is 13.1 Å². The molecule has 31 heavy (non-hydrogen) atoms. The molecule has 0 aliphatic carbocycles. The molecule has 0 saturated carbocycles. The van der Waals surface area contributed by atoms with E-state index in [0.29, 0.717) is 31.7 Å². The Labute approximate surface area is 180 Å². The molecule has 1 aliphatic rings.